The Morgan fingerprint density at radius 3 is 2.81 bits per heavy atom. The number of carbonyl (C=O) groups is 1. The lowest BCUT2D eigenvalue weighted by atomic mass is 9.86. The van der Waals surface area contributed by atoms with Gasteiger partial charge in [-0.2, -0.15) is 0 Å². The van der Waals surface area contributed by atoms with Gasteiger partial charge >= 0.3 is 5.97 Å². The van der Waals surface area contributed by atoms with Crippen LogP contribution in [-0.2, 0) is 4.79 Å². The molecule has 2 N–H and O–H groups in total. The van der Waals surface area contributed by atoms with Crippen molar-refractivity contribution >= 4 is 17.6 Å². The van der Waals surface area contributed by atoms with Crippen LogP contribution in [0.2, 0.25) is 5.02 Å². The highest BCUT2D eigenvalue weighted by Crippen LogP contribution is 2.24. The maximum atomic E-state index is 11.0. The number of carboxylic acid groups (broad SMARTS) is 1. The summed E-state index contributed by atoms with van der Waals surface area (Å²) in [7, 11) is 0. The number of hydrogen-bond donors (Lipinski definition) is 2. The quantitative estimate of drug-likeness (QED) is 0.758. The molecular weight excluding hydrogens is 290 g/mol. The van der Waals surface area contributed by atoms with Crippen LogP contribution in [0, 0.1) is 5.92 Å². The van der Waals surface area contributed by atoms with Gasteiger partial charge in [-0.1, -0.05) is 18.0 Å². The molecule has 0 bridgehead atoms. The molecule has 21 heavy (non-hydrogen) atoms. The highest BCUT2D eigenvalue weighted by Gasteiger charge is 2.26. The predicted molar refractivity (Wildman–Crippen MR) is 82.9 cm³/mol. The third-order valence-corrected chi connectivity index (χ3v) is 4.11. The van der Waals surface area contributed by atoms with Gasteiger partial charge in [0, 0.05) is 11.1 Å². The molecule has 0 aliphatic heterocycles. The molecule has 2 rings (SSSR count). The Kier molecular flexibility index (Phi) is 6.33. The molecular formula is C16H22ClNO3. The van der Waals surface area contributed by atoms with Crippen LogP contribution in [-0.4, -0.2) is 30.3 Å². The molecule has 0 saturated heterocycles. The molecule has 1 fully saturated rings. The van der Waals surface area contributed by atoms with Gasteiger partial charge in [0.25, 0.3) is 0 Å². The summed E-state index contributed by atoms with van der Waals surface area (Å²) in [5.41, 5.74) is 0. The minimum absolute atomic E-state index is 0.179. The minimum Gasteiger partial charge on any atom is -0.494 e. The number of halogens is 1. The largest absolute Gasteiger partial charge is 0.494 e. The van der Waals surface area contributed by atoms with Crippen molar-refractivity contribution in [2.24, 2.45) is 5.92 Å². The van der Waals surface area contributed by atoms with Crippen molar-refractivity contribution in [3.8, 4) is 5.75 Å². The van der Waals surface area contributed by atoms with Gasteiger partial charge in [-0.05, 0) is 56.5 Å². The number of nitrogens with one attached hydrogen (secondary N) is 1. The number of ether oxygens (including phenoxy) is 1. The molecule has 0 spiro atoms. The second kappa shape index (κ2) is 8.25. The molecule has 1 aliphatic rings. The molecule has 1 saturated carbocycles. The third-order valence-electron chi connectivity index (χ3n) is 3.86. The molecule has 5 heteroatoms. The fourth-order valence-electron chi connectivity index (χ4n) is 2.70. The van der Waals surface area contributed by atoms with E-state index in [9.17, 15) is 4.79 Å². The molecule has 2 atom stereocenters. The summed E-state index contributed by atoms with van der Waals surface area (Å²) in [6.07, 6.45) is 4.52. The third kappa shape index (κ3) is 5.56. The van der Waals surface area contributed by atoms with E-state index in [1.54, 1.807) is 0 Å². The topological polar surface area (TPSA) is 58.6 Å². The summed E-state index contributed by atoms with van der Waals surface area (Å²) in [6, 6.07) is 7.66. The van der Waals surface area contributed by atoms with E-state index in [1.807, 2.05) is 24.3 Å². The Bertz CT molecular complexity index is 449. The van der Waals surface area contributed by atoms with Crippen LogP contribution in [0.15, 0.2) is 24.3 Å². The van der Waals surface area contributed by atoms with Crippen molar-refractivity contribution in [2.45, 2.75) is 38.1 Å². The van der Waals surface area contributed by atoms with Gasteiger partial charge in [-0.3, -0.25) is 4.79 Å². The van der Waals surface area contributed by atoms with Gasteiger partial charge in [0.15, 0.2) is 0 Å². The molecule has 1 aromatic carbocycles. The first-order chi connectivity index (χ1) is 10.1. The van der Waals surface area contributed by atoms with Gasteiger partial charge in [-0.25, -0.2) is 0 Å². The second-order valence-electron chi connectivity index (χ2n) is 5.51. The Morgan fingerprint density at radius 2 is 2.10 bits per heavy atom. The lowest BCUT2D eigenvalue weighted by molar-refractivity contribution is -0.143. The number of carboxylic acids is 1. The normalized spacial score (nSPS) is 22.0. The molecule has 0 amide bonds. The van der Waals surface area contributed by atoms with E-state index in [2.05, 4.69) is 5.32 Å². The Hall–Kier alpha value is -1.26. The summed E-state index contributed by atoms with van der Waals surface area (Å²) in [6.45, 7) is 1.49. The zero-order valence-corrected chi connectivity index (χ0v) is 12.8. The first-order valence-corrected chi connectivity index (χ1v) is 7.87. The van der Waals surface area contributed by atoms with Gasteiger partial charge in [0.1, 0.15) is 5.75 Å². The van der Waals surface area contributed by atoms with Crippen molar-refractivity contribution in [2.75, 3.05) is 13.2 Å². The lowest BCUT2D eigenvalue weighted by Gasteiger charge is -2.27. The van der Waals surface area contributed by atoms with E-state index < -0.39 is 5.97 Å². The van der Waals surface area contributed by atoms with Crippen molar-refractivity contribution in [3.05, 3.63) is 29.3 Å². The van der Waals surface area contributed by atoms with Crippen LogP contribution in [0.5, 0.6) is 5.75 Å². The van der Waals surface area contributed by atoms with Crippen LogP contribution in [0.3, 0.4) is 0 Å². The van der Waals surface area contributed by atoms with Crippen LogP contribution in [0.1, 0.15) is 32.1 Å². The average molecular weight is 312 g/mol. The van der Waals surface area contributed by atoms with Crippen LogP contribution in [0.25, 0.3) is 0 Å². The van der Waals surface area contributed by atoms with E-state index >= 15 is 0 Å². The highest BCUT2D eigenvalue weighted by atomic mass is 35.5. The number of aliphatic carboxylic acids is 1. The van der Waals surface area contributed by atoms with Crippen molar-refractivity contribution in [3.63, 3.8) is 0 Å². The fraction of sp³-hybridized carbons (Fsp3) is 0.562. The highest BCUT2D eigenvalue weighted by molar-refractivity contribution is 6.30. The number of hydrogen-bond acceptors (Lipinski definition) is 3. The maximum absolute atomic E-state index is 11.0. The molecule has 0 heterocycles. The zero-order chi connectivity index (χ0) is 15.1. The lowest BCUT2D eigenvalue weighted by Crippen LogP contribution is -2.37. The monoisotopic (exact) mass is 311 g/mol. The molecule has 0 aromatic heterocycles. The predicted octanol–water partition coefficient (Wildman–Crippen LogP) is 3.34. The summed E-state index contributed by atoms with van der Waals surface area (Å²) < 4.78 is 5.62. The summed E-state index contributed by atoms with van der Waals surface area (Å²) in [4.78, 5) is 11.0. The van der Waals surface area contributed by atoms with Crippen molar-refractivity contribution < 1.29 is 14.6 Å². The maximum Gasteiger partial charge on any atom is 0.306 e. The SMILES string of the molecule is O=C(O)C1CCCC(NCCCOc2ccc(Cl)cc2)C1. The second-order valence-corrected chi connectivity index (χ2v) is 5.95. The number of benzene rings is 1. The summed E-state index contributed by atoms with van der Waals surface area (Å²) in [5, 5.41) is 13.2. The average Bonchev–Trinajstić information content (AvgIpc) is 2.49. The van der Waals surface area contributed by atoms with Crippen LogP contribution >= 0.6 is 11.6 Å². The van der Waals surface area contributed by atoms with E-state index in [1.165, 1.54) is 0 Å². The minimum atomic E-state index is -0.660. The molecule has 1 aliphatic carbocycles. The smallest absolute Gasteiger partial charge is 0.306 e. The Balaban J connectivity index is 1.59. The first kappa shape index (κ1) is 16.1. The van der Waals surface area contributed by atoms with Crippen LogP contribution < -0.4 is 10.1 Å². The van der Waals surface area contributed by atoms with Crippen molar-refractivity contribution in [1.29, 1.82) is 0 Å². The molecule has 2 unspecified atom stereocenters. The van der Waals surface area contributed by atoms with Gasteiger partial charge in [-0.15, -0.1) is 0 Å². The van der Waals surface area contributed by atoms with Crippen molar-refractivity contribution in [1.82, 2.24) is 5.32 Å². The van der Waals surface area contributed by atoms with Gasteiger partial charge in [0.2, 0.25) is 0 Å². The standard InChI is InChI=1S/C16H22ClNO3/c17-13-5-7-15(8-6-13)21-10-2-9-18-14-4-1-3-12(11-14)16(19)20/h5-8,12,14,18H,1-4,9-11H2,(H,19,20). The van der Waals surface area contributed by atoms with Crippen LogP contribution in [0.4, 0.5) is 0 Å². The number of rotatable bonds is 7. The van der Waals surface area contributed by atoms with Gasteiger partial charge < -0.3 is 15.2 Å². The van der Waals surface area contributed by atoms with E-state index in [0.717, 1.165) is 44.4 Å². The zero-order valence-electron chi connectivity index (χ0n) is 12.1. The Labute approximate surface area is 130 Å². The summed E-state index contributed by atoms with van der Waals surface area (Å²) in [5.74, 6) is -0.0165. The van der Waals surface area contributed by atoms with E-state index in [4.69, 9.17) is 21.4 Å². The van der Waals surface area contributed by atoms with E-state index in [0.29, 0.717) is 17.7 Å². The molecule has 116 valence electrons. The molecule has 1 aromatic rings. The molecule has 4 nitrogen and oxygen atoms in total. The van der Waals surface area contributed by atoms with E-state index in [-0.39, 0.29) is 5.92 Å². The Morgan fingerprint density at radius 1 is 1.33 bits per heavy atom. The molecule has 0 radical (unpaired) electrons. The fourth-order valence-corrected chi connectivity index (χ4v) is 2.82. The first-order valence-electron chi connectivity index (χ1n) is 7.49. The van der Waals surface area contributed by atoms with Gasteiger partial charge in [0.05, 0.1) is 12.5 Å². The summed E-state index contributed by atoms with van der Waals surface area (Å²) >= 11 is 5.81.